The second-order valence-corrected chi connectivity index (χ2v) is 12.1. The minimum Gasteiger partial charge on any atom is -0.343 e. The lowest BCUT2D eigenvalue weighted by atomic mass is 10.1. The van der Waals surface area contributed by atoms with E-state index in [1.54, 1.807) is 0 Å². The van der Waals surface area contributed by atoms with E-state index in [1.807, 2.05) is 18.3 Å². The third kappa shape index (κ3) is 2.21. The van der Waals surface area contributed by atoms with Crippen molar-refractivity contribution in [3.05, 3.63) is 85.1 Å². The molecule has 0 fully saturated rings. The summed E-state index contributed by atoms with van der Waals surface area (Å²) in [6, 6.07) is 25.7. The molecule has 4 aromatic rings. The Hall–Kier alpha value is -2.94. The van der Waals surface area contributed by atoms with Crippen molar-refractivity contribution < 1.29 is 0 Å². The fourth-order valence-electron chi connectivity index (χ4n) is 4.78. The molecule has 146 valence electrons. The third-order valence-corrected chi connectivity index (χ3v) is 11.2. The van der Waals surface area contributed by atoms with Crippen LogP contribution in [0.5, 0.6) is 0 Å². The maximum absolute atomic E-state index is 6.67. The Balaban J connectivity index is 1.76. The van der Waals surface area contributed by atoms with Crippen molar-refractivity contribution >= 4 is 56.5 Å². The molecule has 0 amide bonds. The van der Waals surface area contributed by atoms with E-state index in [4.69, 9.17) is 11.8 Å². The fourth-order valence-corrected chi connectivity index (χ4v) is 9.77. The van der Waals surface area contributed by atoms with E-state index in [0.29, 0.717) is 0 Å². The molecule has 0 radical (unpaired) electrons. The Morgan fingerprint density at radius 2 is 1.23 bits per heavy atom. The van der Waals surface area contributed by atoms with E-state index in [0.717, 1.165) is 11.3 Å². The highest BCUT2D eigenvalue weighted by Gasteiger charge is 2.43. The van der Waals surface area contributed by atoms with Crippen molar-refractivity contribution in [3.63, 3.8) is 0 Å². The van der Waals surface area contributed by atoms with Gasteiger partial charge in [0, 0.05) is 47.8 Å². The lowest BCUT2D eigenvalue weighted by Crippen LogP contribution is -2.43. The van der Waals surface area contributed by atoms with Crippen LogP contribution in [0.4, 0.5) is 22.7 Å². The number of hydrogen-bond donors (Lipinski definition) is 0. The number of hydrogen-bond acceptors (Lipinski definition) is 4. The van der Waals surface area contributed by atoms with Crippen molar-refractivity contribution in [2.45, 2.75) is 0 Å². The van der Waals surface area contributed by atoms with E-state index in [1.165, 1.54) is 38.7 Å². The Morgan fingerprint density at radius 3 is 1.77 bits per heavy atom. The summed E-state index contributed by atoms with van der Waals surface area (Å²) in [4.78, 5) is 9.21. The predicted molar refractivity (Wildman–Crippen MR) is 132 cm³/mol. The quantitative estimate of drug-likeness (QED) is 0.413. The van der Waals surface area contributed by atoms with Gasteiger partial charge in [0.2, 0.25) is 0 Å². The Kier molecular flexibility index (Phi) is 3.74. The maximum atomic E-state index is 6.67. The summed E-state index contributed by atoms with van der Waals surface area (Å²) in [6.45, 7) is 0. The van der Waals surface area contributed by atoms with Crippen LogP contribution in [-0.4, -0.2) is 19.1 Å². The van der Waals surface area contributed by atoms with Crippen molar-refractivity contribution in [1.82, 2.24) is 4.98 Å². The highest BCUT2D eigenvalue weighted by atomic mass is 32.4. The van der Waals surface area contributed by atoms with Gasteiger partial charge in [0.05, 0.1) is 28.4 Å². The first kappa shape index (κ1) is 17.9. The fraction of sp³-hybridized carbons (Fsp3) is 0.0800. The summed E-state index contributed by atoms with van der Waals surface area (Å²) in [5, 5.41) is 3.85. The van der Waals surface area contributed by atoms with Crippen molar-refractivity contribution in [3.8, 4) is 11.3 Å². The molecule has 3 heterocycles. The topological polar surface area (TPSA) is 19.4 Å². The molecule has 3 nitrogen and oxygen atoms in total. The van der Waals surface area contributed by atoms with Crippen molar-refractivity contribution in [2.24, 2.45) is 0 Å². The van der Waals surface area contributed by atoms with Crippen LogP contribution in [0.3, 0.4) is 0 Å². The van der Waals surface area contributed by atoms with E-state index in [2.05, 4.69) is 95.6 Å². The highest BCUT2D eigenvalue weighted by Crippen LogP contribution is 2.59. The van der Waals surface area contributed by atoms with E-state index >= 15 is 0 Å². The van der Waals surface area contributed by atoms with Crippen LogP contribution in [0.15, 0.2) is 85.1 Å². The lowest BCUT2D eigenvalue weighted by Gasteiger charge is -2.45. The van der Waals surface area contributed by atoms with Crippen LogP contribution in [0.1, 0.15) is 0 Å². The average molecular weight is 425 g/mol. The van der Waals surface area contributed by atoms with Gasteiger partial charge >= 0.3 is 0 Å². The van der Waals surface area contributed by atoms with Gasteiger partial charge in [-0.2, -0.15) is 0 Å². The summed E-state index contributed by atoms with van der Waals surface area (Å²) in [6.07, 6.45) is 1.85. The second-order valence-electron chi connectivity index (χ2n) is 7.78. The van der Waals surface area contributed by atoms with Crippen LogP contribution in [-0.2, 0) is 11.8 Å². The number of nitrogens with zero attached hydrogens (tertiary/aromatic N) is 3. The molecular formula is C25H20N3PS. The molecule has 30 heavy (non-hydrogen) atoms. The SMILES string of the molecule is CN1c2ccccc2P2(=S)c3ccccc3N(C)c3cc(-c4ccccn4)cc1c32. The van der Waals surface area contributed by atoms with Gasteiger partial charge in [-0.1, -0.05) is 54.3 Å². The van der Waals surface area contributed by atoms with E-state index < -0.39 is 6.04 Å². The number of pyridine rings is 1. The number of para-hydroxylation sites is 2. The normalized spacial score (nSPS) is 15.3. The molecule has 0 saturated heterocycles. The molecule has 1 aromatic heterocycles. The monoisotopic (exact) mass is 425 g/mol. The Morgan fingerprint density at radius 1 is 0.700 bits per heavy atom. The number of benzene rings is 3. The van der Waals surface area contributed by atoms with E-state index in [9.17, 15) is 0 Å². The first-order chi connectivity index (χ1) is 14.6. The number of anilines is 4. The van der Waals surface area contributed by atoms with Gasteiger partial charge < -0.3 is 9.80 Å². The number of aromatic nitrogens is 1. The van der Waals surface area contributed by atoms with Crippen molar-refractivity contribution in [2.75, 3.05) is 23.9 Å². The number of rotatable bonds is 1. The summed E-state index contributed by atoms with van der Waals surface area (Å²) in [5.41, 5.74) is 6.88. The molecule has 2 aliphatic heterocycles. The Bertz CT molecular complexity index is 1290. The van der Waals surface area contributed by atoms with Gasteiger partial charge in [-0.15, -0.1) is 0 Å². The predicted octanol–water partition coefficient (Wildman–Crippen LogP) is 4.67. The third-order valence-electron chi connectivity index (χ3n) is 6.23. The largest absolute Gasteiger partial charge is 0.343 e. The van der Waals surface area contributed by atoms with Crippen LogP contribution in [0, 0.1) is 0 Å². The maximum Gasteiger partial charge on any atom is 0.0703 e. The summed E-state index contributed by atoms with van der Waals surface area (Å²) in [7, 11) is 4.30. The molecule has 3 aromatic carbocycles. The zero-order valence-corrected chi connectivity index (χ0v) is 18.5. The van der Waals surface area contributed by atoms with Crippen molar-refractivity contribution in [1.29, 1.82) is 0 Å². The molecule has 6 rings (SSSR count). The zero-order valence-electron chi connectivity index (χ0n) is 16.8. The molecule has 2 aliphatic rings. The highest BCUT2D eigenvalue weighted by molar-refractivity contribution is 8.26. The summed E-state index contributed by atoms with van der Waals surface area (Å²) < 4.78 is 0. The standard InChI is InChI=1S/C25H20N3PS/c1-27-19-10-3-5-12-23(19)29(30)24-13-6-4-11-20(24)28(2)22-16-17(15-21(27)25(22)29)18-9-7-8-14-26-18/h3-16H,1-2H3. The van der Waals surface area contributed by atoms with Gasteiger partial charge in [0.25, 0.3) is 0 Å². The molecule has 0 spiro atoms. The second kappa shape index (κ2) is 6.28. The molecule has 0 unspecified atom stereocenters. The van der Waals surface area contributed by atoms with Gasteiger partial charge in [-0.05, 0) is 36.4 Å². The zero-order chi connectivity index (χ0) is 20.5. The Labute approximate surface area is 181 Å². The summed E-state index contributed by atoms with van der Waals surface area (Å²) in [5.74, 6) is 0. The molecular weight excluding hydrogens is 405 g/mol. The van der Waals surface area contributed by atoms with Gasteiger partial charge in [-0.3, -0.25) is 4.98 Å². The molecule has 5 heteroatoms. The van der Waals surface area contributed by atoms with Gasteiger partial charge in [0.1, 0.15) is 0 Å². The first-order valence-electron chi connectivity index (χ1n) is 9.97. The summed E-state index contributed by atoms with van der Waals surface area (Å²) >= 11 is 6.67. The lowest BCUT2D eigenvalue weighted by molar-refractivity contribution is 1.18. The first-order valence-corrected chi connectivity index (χ1v) is 12.8. The van der Waals surface area contributed by atoms with Crippen LogP contribution < -0.4 is 25.7 Å². The van der Waals surface area contributed by atoms with E-state index in [-0.39, 0.29) is 0 Å². The van der Waals surface area contributed by atoms with Crippen LogP contribution in [0.2, 0.25) is 0 Å². The molecule has 0 aliphatic carbocycles. The molecule has 0 bridgehead atoms. The average Bonchev–Trinajstić information content (AvgIpc) is 2.81. The van der Waals surface area contributed by atoms with Gasteiger partial charge in [0.15, 0.2) is 0 Å². The van der Waals surface area contributed by atoms with Crippen LogP contribution in [0.25, 0.3) is 11.3 Å². The minimum absolute atomic E-state index is 0.976. The molecule has 0 N–H and O–H groups in total. The smallest absolute Gasteiger partial charge is 0.0703 e. The minimum atomic E-state index is -2.17. The molecule has 0 atom stereocenters. The van der Waals surface area contributed by atoms with Crippen LogP contribution >= 0.6 is 6.04 Å². The number of fused-ring (bicyclic) bond motifs is 4. The molecule has 0 saturated carbocycles. The van der Waals surface area contributed by atoms with Gasteiger partial charge in [-0.25, -0.2) is 0 Å².